The van der Waals surface area contributed by atoms with Gasteiger partial charge in [0.2, 0.25) is 0 Å². The molecule has 7 heteroatoms. The van der Waals surface area contributed by atoms with E-state index in [4.69, 9.17) is 9.05 Å². The van der Waals surface area contributed by atoms with Crippen molar-refractivity contribution in [3.63, 3.8) is 0 Å². The summed E-state index contributed by atoms with van der Waals surface area (Å²) in [7, 11) is -6.44. The minimum Gasteiger partial charge on any atom is -0.309 e. The first-order valence-electron chi connectivity index (χ1n) is 9.56. The molecule has 0 radical (unpaired) electrons. The molecule has 1 rings (SSSR count). The van der Waals surface area contributed by atoms with Gasteiger partial charge in [-0.1, -0.05) is 51.2 Å². The van der Waals surface area contributed by atoms with Gasteiger partial charge in [0.25, 0.3) is 0 Å². The molecule has 0 saturated heterocycles. The largest absolute Gasteiger partial charge is 0.335 e. The second kappa shape index (κ2) is 11.9. The van der Waals surface area contributed by atoms with Gasteiger partial charge >= 0.3 is 7.60 Å². The monoisotopic (exact) mass is 404 g/mol. The van der Waals surface area contributed by atoms with Crippen LogP contribution in [0.1, 0.15) is 64.9 Å². The van der Waals surface area contributed by atoms with Gasteiger partial charge in [-0.2, -0.15) is 0 Å². The number of benzene rings is 1. The van der Waals surface area contributed by atoms with Crippen molar-refractivity contribution in [3.8, 4) is 0 Å². The van der Waals surface area contributed by atoms with Crippen molar-refractivity contribution in [2.75, 3.05) is 19.0 Å². The molecule has 0 aromatic heterocycles. The third kappa shape index (κ3) is 8.34. The highest BCUT2D eigenvalue weighted by molar-refractivity contribution is 7.91. The van der Waals surface area contributed by atoms with Crippen LogP contribution in [0, 0.1) is 0 Å². The third-order valence-corrected chi connectivity index (χ3v) is 7.95. The van der Waals surface area contributed by atoms with Crippen LogP contribution >= 0.6 is 7.60 Å². The third-order valence-electron chi connectivity index (χ3n) is 4.08. The molecule has 0 fully saturated rings. The molecule has 0 aliphatic carbocycles. The lowest BCUT2D eigenvalue weighted by Gasteiger charge is -2.17. The highest BCUT2D eigenvalue weighted by Crippen LogP contribution is 2.51. The Kier molecular flexibility index (Phi) is 10.7. The molecule has 1 aromatic carbocycles. The van der Waals surface area contributed by atoms with Gasteiger partial charge in [-0.25, -0.2) is 8.42 Å². The van der Waals surface area contributed by atoms with E-state index in [-0.39, 0.29) is 11.9 Å². The zero-order valence-corrected chi connectivity index (χ0v) is 18.0. The molecule has 5 nitrogen and oxygen atoms in total. The lowest BCUT2D eigenvalue weighted by Crippen LogP contribution is -2.07. The highest BCUT2D eigenvalue weighted by Gasteiger charge is 2.24. The first-order chi connectivity index (χ1) is 12.4. The smallest absolute Gasteiger partial charge is 0.309 e. The second-order valence-electron chi connectivity index (χ2n) is 6.34. The van der Waals surface area contributed by atoms with Crippen molar-refractivity contribution in [1.82, 2.24) is 0 Å². The quantitative estimate of drug-likeness (QED) is 0.299. The van der Waals surface area contributed by atoms with Crippen LogP contribution in [-0.4, -0.2) is 27.4 Å². The van der Waals surface area contributed by atoms with E-state index >= 15 is 0 Å². The van der Waals surface area contributed by atoms with Crippen molar-refractivity contribution in [1.29, 1.82) is 0 Å². The number of hydrogen-bond acceptors (Lipinski definition) is 5. The number of hydrogen-bond donors (Lipinski definition) is 0. The second-order valence-corrected chi connectivity index (χ2v) is 10.5. The van der Waals surface area contributed by atoms with Gasteiger partial charge in [-0.05, 0) is 38.0 Å². The average Bonchev–Trinajstić information content (AvgIpc) is 2.58. The summed E-state index contributed by atoms with van der Waals surface area (Å²) in [6.45, 7) is 6.31. The van der Waals surface area contributed by atoms with E-state index in [9.17, 15) is 13.0 Å². The summed E-state index contributed by atoms with van der Waals surface area (Å²) in [4.78, 5) is 0.317. The molecule has 0 spiro atoms. The fourth-order valence-electron chi connectivity index (χ4n) is 2.74. The molecule has 0 amide bonds. The van der Waals surface area contributed by atoms with Crippen LogP contribution in [-0.2, 0) is 29.6 Å². The number of sulfone groups is 1. The number of unbranched alkanes of at least 4 members (excludes halogenated alkanes) is 5. The van der Waals surface area contributed by atoms with Crippen LogP contribution in [0.15, 0.2) is 29.2 Å². The minimum absolute atomic E-state index is 0.145. The van der Waals surface area contributed by atoms with Crippen molar-refractivity contribution >= 4 is 17.4 Å². The van der Waals surface area contributed by atoms with E-state index in [1.165, 1.54) is 19.3 Å². The fraction of sp³-hybridized carbons (Fsp3) is 0.684. The van der Waals surface area contributed by atoms with E-state index in [2.05, 4.69) is 6.92 Å². The Morgan fingerprint density at radius 3 is 1.92 bits per heavy atom. The molecular weight excluding hydrogens is 371 g/mol. The lowest BCUT2D eigenvalue weighted by atomic mass is 10.1. The summed E-state index contributed by atoms with van der Waals surface area (Å²) in [5, 5.41) is 0. The summed E-state index contributed by atoms with van der Waals surface area (Å²) in [6.07, 6.45) is 6.44. The Morgan fingerprint density at radius 2 is 1.38 bits per heavy atom. The Morgan fingerprint density at radius 1 is 0.846 bits per heavy atom. The van der Waals surface area contributed by atoms with Crippen LogP contribution < -0.4 is 0 Å². The first-order valence-corrected chi connectivity index (χ1v) is 12.9. The average molecular weight is 405 g/mol. The molecule has 1 aromatic rings. The minimum atomic E-state index is -3.27. The van der Waals surface area contributed by atoms with Crippen molar-refractivity contribution in [3.05, 3.63) is 29.8 Å². The van der Waals surface area contributed by atoms with E-state index in [1.54, 1.807) is 38.1 Å². The zero-order chi connectivity index (χ0) is 19.5. The standard InChI is InChI=1S/C19H33O5PS/c1-4-7-8-9-10-11-16-26(21,22)19-14-12-18(13-15-19)17-25(20,23-5-2)24-6-3/h12-15H,4-11,16-17H2,1-3H3. The van der Waals surface area contributed by atoms with Gasteiger partial charge < -0.3 is 9.05 Å². The normalized spacial score (nSPS) is 12.4. The predicted octanol–water partition coefficient (Wildman–Crippen LogP) is 5.59. The SMILES string of the molecule is CCCCCCCCS(=O)(=O)c1ccc(CP(=O)(OCC)OCC)cc1. The van der Waals surface area contributed by atoms with Crippen molar-refractivity contribution < 1.29 is 22.0 Å². The Bertz CT molecular complexity index is 645. The van der Waals surface area contributed by atoms with Crippen LogP contribution in [0.5, 0.6) is 0 Å². The van der Waals surface area contributed by atoms with E-state index in [0.29, 0.717) is 24.5 Å². The van der Waals surface area contributed by atoms with Gasteiger partial charge in [-0.15, -0.1) is 0 Å². The van der Waals surface area contributed by atoms with Gasteiger partial charge in [0.15, 0.2) is 9.84 Å². The van der Waals surface area contributed by atoms with Crippen LogP contribution in [0.25, 0.3) is 0 Å². The van der Waals surface area contributed by atoms with E-state index in [0.717, 1.165) is 18.4 Å². The number of rotatable bonds is 14. The molecular formula is C19H33O5PS. The maximum Gasteiger partial charge on any atom is 0.335 e. The van der Waals surface area contributed by atoms with Gasteiger partial charge in [0, 0.05) is 0 Å². The summed E-state index contributed by atoms with van der Waals surface area (Å²) in [5.41, 5.74) is 0.744. The summed E-state index contributed by atoms with van der Waals surface area (Å²) >= 11 is 0. The summed E-state index contributed by atoms with van der Waals surface area (Å²) in [5.74, 6) is 0.175. The van der Waals surface area contributed by atoms with Crippen LogP contribution in [0.3, 0.4) is 0 Å². The van der Waals surface area contributed by atoms with Crippen LogP contribution in [0.2, 0.25) is 0 Å². The van der Waals surface area contributed by atoms with Crippen molar-refractivity contribution in [2.45, 2.75) is 70.4 Å². The Balaban J connectivity index is 2.63. The molecule has 150 valence electrons. The molecule has 0 heterocycles. The molecule has 0 aliphatic rings. The molecule has 0 aliphatic heterocycles. The van der Waals surface area contributed by atoms with Gasteiger partial charge in [0.1, 0.15) is 0 Å². The zero-order valence-electron chi connectivity index (χ0n) is 16.3. The van der Waals surface area contributed by atoms with Crippen molar-refractivity contribution in [2.24, 2.45) is 0 Å². The molecule has 0 N–H and O–H groups in total. The molecule has 0 unspecified atom stereocenters. The van der Waals surface area contributed by atoms with Crippen LogP contribution in [0.4, 0.5) is 0 Å². The lowest BCUT2D eigenvalue weighted by molar-refractivity contribution is 0.219. The van der Waals surface area contributed by atoms with Gasteiger partial charge in [-0.3, -0.25) is 4.57 Å². The van der Waals surface area contributed by atoms with E-state index < -0.39 is 17.4 Å². The molecule has 0 atom stereocenters. The molecule has 26 heavy (non-hydrogen) atoms. The maximum absolute atomic E-state index is 12.6. The predicted molar refractivity (Wildman–Crippen MR) is 106 cm³/mol. The van der Waals surface area contributed by atoms with Gasteiger partial charge in [0.05, 0.1) is 30.0 Å². The van der Waals surface area contributed by atoms with E-state index in [1.807, 2.05) is 0 Å². The Hall–Kier alpha value is -0.680. The summed E-state index contributed by atoms with van der Waals surface area (Å²) in [6, 6.07) is 6.56. The maximum atomic E-state index is 12.6. The first kappa shape index (κ1) is 23.4. The molecule has 0 bridgehead atoms. The Labute approximate surface area is 158 Å². The molecule has 0 saturated carbocycles. The topological polar surface area (TPSA) is 69.7 Å². The fourth-order valence-corrected chi connectivity index (χ4v) is 5.81. The highest BCUT2D eigenvalue weighted by atomic mass is 32.2. The summed E-state index contributed by atoms with van der Waals surface area (Å²) < 4.78 is 47.9.